The molecule has 1 heterocycles. The van der Waals surface area contributed by atoms with E-state index in [1.54, 1.807) is 18.2 Å². The zero-order chi connectivity index (χ0) is 13.3. The summed E-state index contributed by atoms with van der Waals surface area (Å²) in [7, 11) is 3.25. The molecule has 0 bridgehead atoms. The Labute approximate surface area is 105 Å². The number of hydrogen-bond donors (Lipinski definition) is 0. The molecular formula is C13H16N2O3. The van der Waals surface area contributed by atoms with Gasteiger partial charge in [0.2, 0.25) is 0 Å². The van der Waals surface area contributed by atoms with E-state index >= 15 is 0 Å². The molecule has 2 rings (SSSR count). The van der Waals surface area contributed by atoms with Crippen LogP contribution in [0.1, 0.15) is 24.2 Å². The van der Waals surface area contributed by atoms with Crippen molar-refractivity contribution in [3.8, 4) is 0 Å². The molecule has 0 aliphatic carbocycles. The van der Waals surface area contributed by atoms with Gasteiger partial charge in [-0.25, -0.2) is 4.79 Å². The predicted molar refractivity (Wildman–Crippen MR) is 68.9 cm³/mol. The van der Waals surface area contributed by atoms with Crippen LogP contribution in [0.2, 0.25) is 0 Å². The van der Waals surface area contributed by atoms with Gasteiger partial charge in [0.05, 0.1) is 12.7 Å². The molecule has 0 spiro atoms. The maximum Gasteiger partial charge on any atom is 0.340 e. The van der Waals surface area contributed by atoms with Crippen LogP contribution in [0.3, 0.4) is 0 Å². The van der Waals surface area contributed by atoms with E-state index in [0.717, 1.165) is 0 Å². The van der Waals surface area contributed by atoms with Crippen LogP contribution < -0.4 is 4.90 Å². The van der Waals surface area contributed by atoms with Gasteiger partial charge < -0.3 is 14.1 Å². The normalized spacial score (nSPS) is 10.9. The van der Waals surface area contributed by atoms with Crippen LogP contribution >= 0.6 is 0 Å². The first-order valence-electron chi connectivity index (χ1n) is 5.75. The Morgan fingerprint density at radius 1 is 1.44 bits per heavy atom. The van der Waals surface area contributed by atoms with Crippen molar-refractivity contribution < 1.29 is 13.9 Å². The van der Waals surface area contributed by atoms with Crippen LogP contribution in [0.5, 0.6) is 0 Å². The number of para-hydroxylation sites is 1. The van der Waals surface area contributed by atoms with Gasteiger partial charge in [-0.15, -0.1) is 0 Å². The van der Waals surface area contributed by atoms with E-state index in [1.807, 2.05) is 25.8 Å². The summed E-state index contributed by atoms with van der Waals surface area (Å²) in [6.07, 6.45) is 0. The first kappa shape index (κ1) is 12.4. The minimum Gasteiger partial charge on any atom is -0.465 e. The summed E-state index contributed by atoms with van der Waals surface area (Å²) in [4.78, 5) is 17.9. The Morgan fingerprint density at radius 3 is 2.78 bits per heavy atom. The molecule has 0 fully saturated rings. The second-order valence-electron chi connectivity index (χ2n) is 4.34. The summed E-state index contributed by atoms with van der Waals surface area (Å²) < 4.78 is 10.4. The molecule has 2 aromatic rings. The molecule has 0 saturated heterocycles. The molecule has 1 aromatic heterocycles. The zero-order valence-corrected chi connectivity index (χ0v) is 10.9. The Morgan fingerprint density at radius 2 is 2.17 bits per heavy atom. The summed E-state index contributed by atoms with van der Waals surface area (Å²) in [6.45, 7) is 4.08. The van der Waals surface area contributed by atoms with Gasteiger partial charge in [-0.2, -0.15) is 4.98 Å². The average Bonchev–Trinajstić information content (AvgIpc) is 2.80. The van der Waals surface area contributed by atoms with E-state index in [9.17, 15) is 4.79 Å². The molecule has 5 heteroatoms. The van der Waals surface area contributed by atoms with Gasteiger partial charge in [0.15, 0.2) is 5.58 Å². The third kappa shape index (κ3) is 2.03. The quantitative estimate of drug-likeness (QED) is 0.781. The summed E-state index contributed by atoms with van der Waals surface area (Å²) in [5.74, 6) is -0.410. The maximum absolute atomic E-state index is 11.6. The first-order valence-corrected chi connectivity index (χ1v) is 5.75. The minimum absolute atomic E-state index is 0.264. The number of rotatable bonds is 3. The lowest BCUT2D eigenvalue weighted by Crippen LogP contribution is -2.25. The van der Waals surface area contributed by atoms with E-state index in [1.165, 1.54) is 7.11 Å². The number of carbonyl (C=O) groups excluding carboxylic acids is 1. The fourth-order valence-electron chi connectivity index (χ4n) is 1.58. The van der Waals surface area contributed by atoms with Crippen LogP contribution in [-0.2, 0) is 4.74 Å². The number of ether oxygens (including phenoxy) is 1. The van der Waals surface area contributed by atoms with Crippen LogP contribution in [0.4, 0.5) is 6.01 Å². The Balaban J connectivity index is 2.54. The predicted octanol–water partition coefficient (Wildman–Crippen LogP) is 2.46. The molecule has 0 amide bonds. The molecule has 0 atom stereocenters. The molecule has 0 radical (unpaired) electrons. The summed E-state index contributed by atoms with van der Waals surface area (Å²) in [6, 6.07) is 5.97. The van der Waals surface area contributed by atoms with Crippen molar-refractivity contribution in [3.05, 3.63) is 23.8 Å². The van der Waals surface area contributed by atoms with Crippen molar-refractivity contribution in [3.63, 3.8) is 0 Å². The van der Waals surface area contributed by atoms with Gasteiger partial charge >= 0.3 is 5.97 Å². The number of carbonyl (C=O) groups is 1. The highest BCUT2D eigenvalue weighted by atomic mass is 16.5. The van der Waals surface area contributed by atoms with Crippen molar-refractivity contribution in [1.82, 2.24) is 4.98 Å². The van der Waals surface area contributed by atoms with Crippen LogP contribution in [-0.4, -0.2) is 31.2 Å². The largest absolute Gasteiger partial charge is 0.465 e. The number of nitrogens with zero attached hydrogens (tertiary/aromatic N) is 2. The number of aromatic nitrogens is 1. The van der Waals surface area contributed by atoms with Crippen LogP contribution in [0.15, 0.2) is 22.6 Å². The third-order valence-electron chi connectivity index (χ3n) is 2.89. The highest BCUT2D eigenvalue weighted by molar-refractivity contribution is 6.01. The molecular weight excluding hydrogens is 232 g/mol. The fraction of sp³-hybridized carbons (Fsp3) is 0.385. The molecule has 96 valence electrons. The first-order chi connectivity index (χ1) is 8.54. The van der Waals surface area contributed by atoms with Gasteiger partial charge in [0, 0.05) is 13.1 Å². The number of benzene rings is 1. The highest BCUT2D eigenvalue weighted by Crippen LogP contribution is 2.25. The monoisotopic (exact) mass is 248 g/mol. The van der Waals surface area contributed by atoms with Crippen molar-refractivity contribution in [2.45, 2.75) is 19.9 Å². The van der Waals surface area contributed by atoms with Gasteiger partial charge in [0.1, 0.15) is 5.52 Å². The number of anilines is 1. The lowest BCUT2D eigenvalue weighted by molar-refractivity contribution is 0.0603. The Bertz CT molecular complexity index is 575. The fourth-order valence-corrected chi connectivity index (χ4v) is 1.58. The maximum atomic E-state index is 11.6. The van der Waals surface area contributed by atoms with E-state index in [4.69, 9.17) is 9.15 Å². The van der Waals surface area contributed by atoms with E-state index in [2.05, 4.69) is 4.98 Å². The van der Waals surface area contributed by atoms with Crippen LogP contribution in [0, 0.1) is 0 Å². The van der Waals surface area contributed by atoms with Gasteiger partial charge in [-0.3, -0.25) is 0 Å². The smallest absolute Gasteiger partial charge is 0.340 e. The topological polar surface area (TPSA) is 55.6 Å². The van der Waals surface area contributed by atoms with E-state index < -0.39 is 5.97 Å². The lowest BCUT2D eigenvalue weighted by atomic mass is 10.2. The number of fused-ring (bicyclic) bond motifs is 1. The van der Waals surface area contributed by atoms with Gasteiger partial charge in [-0.1, -0.05) is 6.07 Å². The second kappa shape index (κ2) is 4.68. The lowest BCUT2D eigenvalue weighted by Gasteiger charge is -2.18. The molecule has 0 N–H and O–H groups in total. The van der Waals surface area contributed by atoms with Crippen molar-refractivity contribution in [1.29, 1.82) is 0 Å². The number of methoxy groups -OCH3 is 1. The second-order valence-corrected chi connectivity index (χ2v) is 4.34. The SMILES string of the molecule is COC(=O)c1cccc2oc(N(C)C(C)C)nc12. The number of esters is 1. The molecule has 1 aromatic carbocycles. The van der Waals surface area contributed by atoms with Gasteiger partial charge in [-0.05, 0) is 26.0 Å². The summed E-state index contributed by atoms with van der Waals surface area (Å²) in [5.41, 5.74) is 1.54. The molecule has 0 unspecified atom stereocenters. The Kier molecular flexibility index (Phi) is 3.23. The zero-order valence-electron chi connectivity index (χ0n) is 10.9. The summed E-state index contributed by atoms with van der Waals surface area (Å²) >= 11 is 0. The minimum atomic E-state index is -0.410. The molecule has 0 aliphatic rings. The third-order valence-corrected chi connectivity index (χ3v) is 2.89. The standard InChI is InChI=1S/C13H16N2O3/c1-8(2)15(3)13-14-11-9(12(16)17-4)6-5-7-10(11)18-13/h5-8H,1-4H3. The number of oxazole rings is 1. The Hall–Kier alpha value is -2.04. The molecule has 0 saturated carbocycles. The van der Waals surface area contributed by atoms with E-state index in [0.29, 0.717) is 22.7 Å². The van der Waals surface area contributed by atoms with Crippen LogP contribution in [0.25, 0.3) is 11.1 Å². The van der Waals surface area contributed by atoms with Crippen molar-refractivity contribution in [2.24, 2.45) is 0 Å². The van der Waals surface area contributed by atoms with Crippen molar-refractivity contribution in [2.75, 3.05) is 19.1 Å². The van der Waals surface area contributed by atoms with Gasteiger partial charge in [0.25, 0.3) is 6.01 Å². The van der Waals surface area contributed by atoms with Crippen molar-refractivity contribution >= 4 is 23.1 Å². The average molecular weight is 248 g/mol. The number of hydrogen-bond acceptors (Lipinski definition) is 5. The molecule has 18 heavy (non-hydrogen) atoms. The van der Waals surface area contributed by atoms with E-state index in [-0.39, 0.29) is 6.04 Å². The molecule has 0 aliphatic heterocycles. The summed E-state index contributed by atoms with van der Waals surface area (Å²) in [5, 5.41) is 0. The highest BCUT2D eigenvalue weighted by Gasteiger charge is 2.18. The molecule has 5 nitrogen and oxygen atoms in total.